The molecule has 0 radical (unpaired) electrons. The number of hydrogen-bond donors (Lipinski definition) is 2. The van der Waals surface area contributed by atoms with Gasteiger partial charge in [0.05, 0.1) is 11.9 Å². The van der Waals surface area contributed by atoms with Gasteiger partial charge in [0.1, 0.15) is 0 Å². The highest BCUT2D eigenvalue weighted by Gasteiger charge is 2.10. The minimum absolute atomic E-state index is 0.610. The summed E-state index contributed by atoms with van der Waals surface area (Å²) in [7, 11) is 1.76. The van der Waals surface area contributed by atoms with Gasteiger partial charge >= 0.3 is 0 Å². The van der Waals surface area contributed by atoms with E-state index in [1.807, 2.05) is 13.0 Å². The Morgan fingerprint density at radius 3 is 2.93 bits per heavy atom. The first-order valence-electron chi connectivity index (χ1n) is 4.84. The largest absolute Gasteiger partial charge is 0.375 e. The van der Waals surface area contributed by atoms with Crippen LogP contribution in [0.5, 0.6) is 0 Å². The van der Waals surface area contributed by atoms with E-state index in [0.717, 1.165) is 17.7 Å². The molecule has 5 heteroatoms. The van der Waals surface area contributed by atoms with Crippen molar-refractivity contribution in [3.8, 4) is 0 Å². The number of nitrogens with zero attached hydrogens (tertiary/aromatic N) is 2. The average Bonchev–Trinajstić information content (AvgIpc) is 2.61. The maximum absolute atomic E-state index is 5.70. The van der Waals surface area contributed by atoms with E-state index in [9.17, 15) is 0 Å². The summed E-state index contributed by atoms with van der Waals surface area (Å²) in [5.74, 6) is 0. The van der Waals surface area contributed by atoms with Crippen molar-refractivity contribution in [2.75, 3.05) is 12.8 Å². The molecule has 1 rings (SSSR count). The molecule has 0 amide bonds. The molecule has 0 aliphatic carbocycles. The zero-order valence-corrected chi connectivity index (χ0v) is 10.1. The van der Waals surface area contributed by atoms with Crippen LogP contribution in [0.15, 0.2) is 11.2 Å². The molecule has 0 saturated carbocycles. The Kier molecular flexibility index (Phi) is 4.30. The van der Waals surface area contributed by atoms with Gasteiger partial charge in [0.2, 0.25) is 0 Å². The summed E-state index contributed by atoms with van der Waals surface area (Å²) in [6.07, 6.45) is 4.68. The van der Waals surface area contributed by atoms with Crippen LogP contribution >= 0.6 is 11.3 Å². The molecule has 3 N–H and O–H groups in total. The Balaban J connectivity index is 3.06. The van der Waals surface area contributed by atoms with E-state index in [4.69, 9.17) is 5.73 Å². The van der Waals surface area contributed by atoms with Crippen LogP contribution in [0, 0.1) is 0 Å². The second kappa shape index (κ2) is 5.50. The first-order valence-corrected chi connectivity index (χ1v) is 5.66. The molecule has 1 heterocycles. The number of allylic oxidation sites excluding steroid dienone is 2. The molecule has 0 atom stereocenters. The van der Waals surface area contributed by atoms with Gasteiger partial charge in [-0.1, -0.05) is 13.0 Å². The molecule has 0 fully saturated rings. The summed E-state index contributed by atoms with van der Waals surface area (Å²) >= 11 is 1.54. The third kappa shape index (κ3) is 2.79. The lowest BCUT2D eigenvalue weighted by Crippen LogP contribution is -1.97. The molecule has 0 unspecified atom stereocenters. The lowest BCUT2D eigenvalue weighted by Gasteiger charge is -1.99. The lowest BCUT2D eigenvalue weighted by molar-refractivity contribution is 0.909. The topological polar surface area (TPSA) is 63.3 Å². The second-order valence-corrected chi connectivity index (χ2v) is 4.02. The van der Waals surface area contributed by atoms with Crippen molar-refractivity contribution in [1.29, 1.82) is 0 Å². The zero-order valence-electron chi connectivity index (χ0n) is 9.24. The molecule has 0 aliphatic rings. The van der Waals surface area contributed by atoms with E-state index in [2.05, 4.69) is 22.4 Å². The summed E-state index contributed by atoms with van der Waals surface area (Å²) in [5, 5.41) is 4.59. The normalized spacial score (nSPS) is 12.3. The molecule has 15 heavy (non-hydrogen) atoms. The SMILES string of the molecule is C/C=C(\C=N/NC)c1nc(N)sc1CC. The van der Waals surface area contributed by atoms with Crippen molar-refractivity contribution in [2.45, 2.75) is 20.3 Å². The van der Waals surface area contributed by atoms with Crippen molar-refractivity contribution in [3.63, 3.8) is 0 Å². The first-order chi connectivity index (χ1) is 7.22. The summed E-state index contributed by atoms with van der Waals surface area (Å²) < 4.78 is 0. The van der Waals surface area contributed by atoms with Crippen LogP contribution in [0.25, 0.3) is 5.57 Å². The van der Waals surface area contributed by atoms with Crippen molar-refractivity contribution in [2.24, 2.45) is 5.10 Å². The minimum Gasteiger partial charge on any atom is -0.375 e. The van der Waals surface area contributed by atoms with Crippen molar-refractivity contribution in [3.05, 3.63) is 16.6 Å². The van der Waals surface area contributed by atoms with Crippen molar-refractivity contribution >= 4 is 28.3 Å². The fraction of sp³-hybridized carbons (Fsp3) is 0.400. The van der Waals surface area contributed by atoms with Gasteiger partial charge in [0.25, 0.3) is 0 Å². The predicted octanol–water partition coefficient (Wildman–Crippen LogP) is 1.90. The van der Waals surface area contributed by atoms with Crippen LogP contribution in [0.4, 0.5) is 5.13 Å². The van der Waals surface area contributed by atoms with Crippen LogP contribution in [0.1, 0.15) is 24.4 Å². The third-order valence-corrected chi connectivity index (χ3v) is 2.98. The summed E-state index contributed by atoms with van der Waals surface area (Å²) in [6.45, 7) is 4.06. The Labute approximate surface area is 93.9 Å². The fourth-order valence-corrected chi connectivity index (χ4v) is 2.04. The highest BCUT2D eigenvalue weighted by Crippen LogP contribution is 2.25. The van der Waals surface area contributed by atoms with Gasteiger partial charge < -0.3 is 11.2 Å². The number of hydrazone groups is 1. The number of nitrogens with one attached hydrogen (secondary N) is 1. The quantitative estimate of drug-likeness (QED) is 0.606. The molecule has 82 valence electrons. The Hall–Kier alpha value is -1.36. The molecule has 0 bridgehead atoms. The van der Waals surface area contributed by atoms with E-state index in [0.29, 0.717) is 5.13 Å². The molecule has 0 saturated heterocycles. The molecule has 0 spiro atoms. The number of hydrogen-bond acceptors (Lipinski definition) is 5. The van der Waals surface area contributed by atoms with Gasteiger partial charge in [-0.15, -0.1) is 11.3 Å². The fourth-order valence-electron chi connectivity index (χ4n) is 1.24. The summed E-state index contributed by atoms with van der Waals surface area (Å²) in [4.78, 5) is 5.51. The standard InChI is InChI=1S/C10H16N4S/c1-4-7(6-13-12-3)9-8(5-2)15-10(11)14-9/h4,6,12H,5H2,1-3H3,(H2,11,14)/b7-4+,13-6-. The second-order valence-electron chi connectivity index (χ2n) is 2.90. The Morgan fingerprint density at radius 1 is 1.67 bits per heavy atom. The molecular weight excluding hydrogens is 208 g/mol. The van der Waals surface area contributed by atoms with Crippen molar-refractivity contribution < 1.29 is 0 Å². The van der Waals surface area contributed by atoms with Gasteiger partial charge in [-0.3, -0.25) is 0 Å². The summed E-state index contributed by atoms with van der Waals surface area (Å²) in [5.41, 5.74) is 10.4. The van der Waals surface area contributed by atoms with Gasteiger partial charge in [-0.25, -0.2) is 4.98 Å². The molecule has 1 aromatic heterocycles. The number of rotatable bonds is 4. The minimum atomic E-state index is 0.610. The number of aryl methyl sites for hydroxylation is 1. The third-order valence-electron chi connectivity index (χ3n) is 1.95. The van der Waals surface area contributed by atoms with E-state index in [1.165, 1.54) is 16.2 Å². The maximum atomic E-state index is 5.70. The molecule has 4 nitrogen and oxygen atoms in total. The number of nitrogens with two attached hydrogens (primary N) is 1. The Morgan fingerprint density at radius 2 is 2.40 bits per heavy atom. The number of anilines is 1. The molecule has 0 aliphatic heterocycles. The van der Waals surface area contributed by atoms with Gasteiger partial charge in [-0.05, 0) is 13.3 Å². The highest BCUT2D eigenvalue weighted by molar-refractivity contribution is 7.15. The molecule has 1 aromatic rings. The van der Waals surface area contributed by atoms with E-state index in [-0.39, 0.29) is 0 Å². The van der Waals surface area contributed by atoms with E-state index >= 15 is 0 Å². The lowest BCUT2D eigenvalue weighted by atomic mass is 10.1. The maximum Gasteiger partial charge on any atom is 0.180 e. The van der Waals surface area contributed by atoms with Crippen LogP contribution in [0.3, 0.4) is 0 Å². The molecular formula is C10H16N4S. The number of nitrogen functional groups attached to an aromatic ring is 1. The van der Waals surface area contributed by atoms with Crippen LogP contribution in [-0.4, -0.2) is 18.2 Å². The average molecular weight is 224 g/mol. The first kappa shape index (κ1) is 11.7. The predicted molar refractivity (Wildman–Crippen MR) is 67.1 cm³/mol. The Bertz CT molecular complexity index is 379. The highest BCUT2D eigenvalue weighted by atomic mass is 32.1. The van der Waals surface area contributed by atoms with Gasteiger partial charge in [0, 0.05) is 17.5 Å². The molecule has 0 aromatic carbocycles. The van der Waals surface area contributed by atoms with Crippen molar-refractivity contribution in [1.82, 2.24) is 10.4 Å². The van der Waals surface area contributed by atoms with Gasteiger partial charge in [-0.2, -0.15) is 5.10 Å². The van der Waals surface area contributed by atoms with Gasteiger partial charge in [0.15, 0.2) is 5.13 Å². The summed E-state index contributed by atoms with van der Waals surface area (Å²) in [6, 6.07) is 0. The monoisotopic (exact) mass is 224 g/mol. The van der Waals surface area contributed by atoms with E-state index in [1.54, 1.807) is 13.3 Å². The van der Waals surface area contributed by atoms with Crippen LogP contribution in [0.2, 0.25) is 0 Å². The smallest absolute Gasteiger partial charge is 0.180 e. The van der Waals surface area contributed by atoms with Crippen LogP contribution < -0.4 is 11.2 Å². The number of thiazole rings is 1. The van der Waals surface area contributed by atoms with Crippen LogP contribution in [-0.2, 0) is 6.42 Å². The zero-order chi connectivity index (χ0) is 11.3. The van der Waals surface area contributed by atoms with E-state index < -0.39 is 0 Å². The number of aromatic nitrogens is 1.